The van der Waals surface area contributed by atoms with Crippen molar-refractivity contribution in [2.45, 2.75) is 6.54 Å². The zero-order chi connectivity index (χ0) is 16.0. The highest BCUT2D eigenvalue weighted by Crippen LogP contribution is 2.35. The van der Waals surface area contributed by atoms with Crippen LogP contribution in [0.1, 0.15) is 21.5 Å². The topological polar surface area (TPSA) is 49.7 Å². The van der Waals surface area contributed by atoms with Crippen molar-refractivity contribution in [2.24, 2.45) is 4.99 Å². The number of amides is 2. The highest BCUT2D eigenvalue weighted by Gasteiger charge is 2.39. The van der Waals surface area contributed by atoms with Crippen LogP contribution >= 0.6 is 11.6 Å². The molecule has 1 heterocycles. The lowest BCUT2D eigenvalue weighted by atomic mass is 9.92. The second-order valence-corrected chi connectivity index (χ2v) is 5.73. The van der Waals surface area contributed by atoms with E-state index in [1.165, 1.54) is 4.90 Å². The van der Waals surface area contributed by atoms with Gasteiger partial charge in [0.15, 0.2) is 0 Å². The van der Waals surface area contributed by atoms with Gasteiger partial charge in [-0.3, -0.25) is 9.69 Å². The van der Waals surface area contributed by atoms with Gasteiger partial charge in [-0.05, 0) is 5.56 Å². The summed E-state index contributed by atoms with van der Waals surface area (Å²) in [5.74, 6) is -0.274. The Labute approximate surface area is 137 Å². The van der Waals surface area contributed by atoms with Gasteiger partial charge >= 0.3 is 6.03 Å². The minimum Gasteiger partial charge on any atom is -0.287 e. The highest BCUT2D eigenvalue weighted by atomic mass is 35.5. The van der Waals surface area contributed by atoms with Gasteiger partial charge in [0.05, 0.1) is 12.2 Å². The Morgan fingerprint density at radius 2 is 1.57 bits per heavy atom. The maximum absolute atomic E-state index is 12.5. The molecule has 2 aromatic rings. The Morgan fingerprint density at radius 3 is 2.30 bits per heavy atom. The van der Waals surface area contributed by atoms with Crippen molar-refractivity contribution in [3.8, 4) is 0 Å². The minimum atomic E-state index is -0.401. The molecule has 0 radical (unpaired) electrons. The summed E-state index contributed by atoms with van der Waals surface area (Å²) in [5.41, 5.74) is 2.96. The van der Waals surface area contributed by atoms with Crippen LogP contribution in [0.2, 0.25) is 0 Å². The third kappa shape index (κ3) is 2.11. The standard InChI is InChI=1S/C18H11ClN2O2/c19-14-16-15(12-8-4-5-9-13(12)17(14)22)20-18(23)21(16)10-11-6-2-1-3-7-11/h1-9H,10H2. The molecule has 4 nitrogen and oxygen atoms in total. The van der Waals surface area contributed by atoms with Crippen molar-refractivity contribution < 1.29 is 9.59 Å². The highest BCUT2D eigenvalue weighted by molar-refractivity contribution is 6.51. The van der Waals surface area contributed by atoms with Crippen LogP contribution in [0.25, 0.3) is 0 Å². The third-order valence-electron chi connectivity index (χ3n) is 3.95. The molecule has 1 aliphatic carbocycles. The van der Waals surface area contributed by atoms with Gasteiger partial charge in [-0.25, -0.2) is 4.79 Å². The molecular weight excluding hydrogens is 312 g/mol. The minimum absolute atomic E-state index is 0.0456. The van der Waals surface area contributed by atoms with E-state index in [4.69, 9.17) is 11.6 Å². The van der Waals surface area contributed by atoms with Crippen molar-refractivity contribution in [1.29, 1.82) is 0 Å². The monoisotopic (exact) mass is 322 g/mol. The Bertz CT molecular complexity index is 900. The number of carbonyl (C=O) groups is 2. The summed E-state index contributed by atoms with van der Waals surface area (Å²) >= 11 is 6.28. The fraction of sp³-hybridized carbons (Fsp3) is 0.0556. The van der Waals surface area contributed by atoms with E-state index in [0.717, 1.165) is 5.56 Å². The van der Waals surface area contributed by atoms with E-state index in [9.17, 15) is 9.59 Å². The normalized spacial score (nSPS) is 16.4. The molecule has 0 atom stereocenters. The Balaban J connectivity index is 1.82. The Kier molecular flexibility index (Phi) is 3.13. The van der Waals surface area contributed by atoms with Gasteiger partial charge in [-0.1, -0.05) is 66.2 Å². The van der Waals surface area contributed by atoms with Crippen molar-refractivity contribution in [2.75, 3.05) is 0 Å². The summed E-state index contributed by atoms with van der Waals surface area (Å²) in [6.07, 6.45) is 0. The third-order valence-corrected chi connectivity index (χ3v) is 4.30. The lowest BCUT2D eigenvalue weighted by Crippen LogP contribution is -2.29. The van der Waals surface area contributed by atoms with E-state index in [1.54, 1.807) is 18.2 Å². The summed E-state index contributed by atoms with van der Waals surface area (Å²) in [4.78, 5) is 30.4. The lowest BCUT2D eigenvalue weighted by molar-refractivity contribution is 0.103. The smallest absolute Gasteiger partial charge is 0.287 e. The van der Waals surface area contributed by atoms with E-state index in [0.29, 0.717) is 29.1 Å². The molecule has 2 amide bonds. The molecule has 0 spiro atoms. The van der Waals surface area contributed by atoms with Crippen LogP contribution in [0.5, 0.6) is 0 Å². The average molecular weight is 323 g/mol. The van der Waals surface area contributed by atoms with Crippen molar-refractivity contribution in [1.82, 2.24) is 4.90 Å². The molecule has 2 aromatic carbocycles. The fourth-order valence-corrected chi connectivity index (χ4v) is 3.16. The largest absolute Gasteiger partial charge is 0.349 e. The van der Waals surface area contributed by atoms with Gasteiger partial charge in [-0.2, -0.15) is 4.99 Å². The number of ketones is 1. The molecular formula is C18H11ClN2O2. The molecule has 23 heavy (non-hydrogen) atoms. The molecule has 4 rings (SSSR count). The number of nitrogens with zero attached hydrogens (tertiary/aromatic N) is 2. The van der Waals surface area contributed by atoms with Gasteiger partial charge in [0.1, 0.15) is 10.7 Å². The van der Waals surface area contributed by atoms with E-state index in [1.807, 2.05) is 36.4 Å². The van der Waals surface area contributed by atoms with Gasteiger partial charge in [-0.15, -0.1) is 0 Å². The van der Waals surface area contributed by atoms with E-state index in [2.05, 4.69) is 4.99 Å². The molecule has 0 N–H and O–H groups in total. The van der Waals surface area contributed by atoms with Crippen molar-refractivity contribution in [3.63, 3.8) is 0 Å². The van der Waals surface area contributed by atoms with E-state index >= 15 is 0 Å². The van der Waals surface area contributed by atoms with Crippen LogP contribution in [-0.2, 0) is 6.54 Å². The fourth-order valence-electron chi connectivity index (χ4n) is 2.87. The van der Waals surface area contributed by atoms with Crippen LogP contribution in [-0.4, -0.2) is 22.4 Å². The number of halogens is 1. The van der Waals surface area contributed by atoms with Crippen molar-refractivity contribution in [3.05, 3.63) is 82.0 Å². The number of fused-ring (bicyclic) bond motifs is 3. The number of Topliss-reactive ketones (excluding diaryl/α,β-unsaturated/α-hetero) is 1. The zero-order valence-electron chi connectivity index (χ0n) is 12.0. The molecule has 0 saturated carbocycles. The Morgan fingerprint density at radius 1 is 0.913 bits per heavy atom. The second kappa shape index (κ2) is 5.18. The van der Waals surface area contributed by atoms with Crippen LogP contribution in [0, 0.1) is 0 Å². The summed E-state index contributed by atoms with van der Waals surface area (Å²) in [7, 11) is 0. The molecule has 5 heteroatoms. The van der Waals surface area contributed by atoms with Crippen molar-refractivity contribution >= 4 is 29.1 Å². The number of hydrogen-bond donors (Lipinski definition) is 0. The first-order valence-corrected chi connectivity index (χ1v) is 7.53. The molecule has 112 valence electrons. The first-order chi connectivity index (χ1) is 11.2. The average Bonchev–Trinajstić information content (AvgIpc) is 2.91. The summed E-state index contributed by atoms with van der Waals surface area (Å²) in [5, 5.41) is 0.0456. The lowest BCUT2D eigenvalue weighted by Gasteiger charge is -2.23. The van der Waals surface area contributed by atoms with Crippen LogP contribution < -0.4 is 0 Å². The van der Waals surface area contributed by atoms with E-state index < -0.39 is 6.03 Å². The maximum atomic E-state index is 12.5. The second-order valence-electron chi connectivity index (χ2n) is 5.35. The summed E-state index contributed by atoms with van der Waals surface area (Å²) < 4.78 is 0. The molecule has 0 unspecified atom stereocenters. The molecule has 2 aliphatic rings. The zero-order valence-corrected chi connectivity index (χ0v) is 12.7. The predicted molar refractivity (Wildman–Crippen MR) is 87.6 cm³/mol. The van der Waals surface area contributed by atoms with Crippen LogP contribution in [0.3, 0.4) is 0 Å². The molecule has 1 aliphatic heterocycles. The number of rotatable bonds is 2. The van der Waals surface area contributed by atoms with Gasteiger partial charge in [0, 0.05) is 11.1 Å². The summed E-state index contributed by atoms with van der Waals surface area (Å²) in [6, 6.07) is 16.2. The predicted octanol–water partition coefficient (Wildman–Crippen LogP) is 3.76. The number of urea groups is 1. The number of allylic oxidation sites excluding steroid dienone is 2. The quantitative estimate of drug-likeness (QED) is 0.845. The number of hydrogen-bond acceptors (Lipinski definition) is 2. The molecule has 0 bridgehead atoms. The summed E-state index contributed by atoms with van der Waals surface area (Å²) in [6.45, 7) is 0.327. The van der Waals surface area contributed by atoms with Gasteiger partial charge in [0.25, 0.3) is 0 Å². The number of benzene rings is 2. The first-order valence-electron chi connectivity index (χ1n) is 7.15. The van der Waals surface area contributed by atoms with Gasteiger partial charge < -0.3 is 0 Å². The van der Waals surface area contributed by atoms with Crippen LogP contribution in [0.4, 0.5) is 4.79 Å². The Hall–Kier alpha value is -2.72. The van der Waals surface area contributed by atoms with E-state index in [-0.39, 0.29) is 10.8 Å². The first kappa shape index (κ1) is 13.9. The number of aliphatic imine (C=N–C) groups is 1. The van der Waals surface area contributed by atoms with Crippen LogP contribution in [0.15, 0.2) is 70.3 Å². The SMILES string of the molecule is O=C1C(Cl)=C2C(=NC(=O)N2Cc2ccccc2)c2ccccc21. The van der Waals surface area contributed by atoms with Gasteiger partial charge in [0.2, 0.25) is 5.78 Å². The molecule has 0 saturated heterocycles. The number of carbonyl (C=O) groups excluding carboxylic acids is 2. The molecule has 0 fully saturated rings. The molecule has 0 aromatic heterocycles. The maximum Gasteiger partial charge on any atom is 0.349 e.